The molecule has 0 bridgehead atoms. The van der Waals surface area contributed by atoms with Gasteiger partial charge in [0.05, 0.1) is 6.61 Å². The number of carbonyl (C=O) groups is 1. The van der Waals surface area contributed by atoms with Gasteiger partial charge in [-0.2, -0.15) is 0 Å². The minimum Gasteiger partial charge on any atom is -0.465 e. The molecule has 0 aromatic heterocycles. The van der Waals surface area contributed by atoms with Gasteiger partial charge in [0.1, 0.15) is 6.04 Å². The molecule has 0 saturated carbocycles. The van der Waals surface area contributed by atoms with Crippen LogP contribution in [0.2, 0.25) is 0 Å². The molecule has 1 atom stereocenters. The average molecular weight is 203 g/mol. The maximum absolute atomic E-state index is 11.1. The smallest absolute Gasteiger partial charge is 0.322 e. The largest absolute Gasteiger partial charge is 0.465 e. The van der Waals surface area contributed by atoms with Crippen LogP contribution in [0.5, 0.6) is 0 Å². The summed E-state index contributed by atoms with van der Waals surface area (Å²) < 4.78 is 4.93. The fourth-order valence-electron chi connectivity index (χ4n) is 1.07. The van der Waals surface area contributed by atoms with E-state index in [4.69, 9.17) is 15.6 Å². The highest BCUT2D eigenvalue weighted by Crippen LogP contribution is 2.00. The molecular formula is C10H21NO3. The molecule has 0 aromatic carbocycles. The summed E-state index contributed by atoms with van der Waals surface area (Å²) in [6, 6.07) is -0.675. The van der Waals surface area contributed by atoms with Gasteiger partial charge in [0, 0.05) is 6.61 Å². The first-order valence-corrected chi connectivity index (χ1v) is 5.25. The summed E-state index contributed by atoms with van der Waals surface area (Å²) in [6.45, 7) is 2.49. The normalized spacial score (nSPS) is 12.5. The highest BCUT2D eigenvalue weighted by atomic mass is 16.5. The van der Waals surface area contributed by atoms with Crippen molar-refractivity contribution in [2.45, 2.75) is 45.1 Å². The third kappa shape index (κ3) is 6.86. The number of hydrogen-bond acceptors (Lipinski definition) is 4. The van der Waals surface area contributed by atoms with Gasteiger partial charge in [0.25, 0.3) is 0 Å². The Hall–Kier alpha value is -0.610. The molecule has 0 spiro atoms. The lowest BCUT2D eigenvalue weighted by atomic mass is 10.2. The van der Waals surface area contributed by atoms with Crippen molar-refractivity contribution in [3.8, 4) is 0 Å². The van der Waals surface area contributed by atoms with Gasteiger partial charge in [-0.05, 0) is 12.8 Å². The Kier molecular flexibility index (Phi) is 8.57. The summed E-state index contributed by atoms with van der Waals surface area (Å²) in [5.41, 5.74) is 5.43. The Bertz CT molecular complexity index is 150. The summed E-state index contributed by atoms with van der Waals surface area (Å²) in [5.74, 6) is -0.407. The van der Waals surface area contributed by atoms with Crippen LogP contribution in [0.15, 0.2) is 0 Å². The van der Waals surface area contributed by atoms with E-state index in [9.17, 15) is 4.79 Å². The SMILES string of the molecule is CCCCCCOC(=O)[C@H](N)CCO. The van der Waals surface area contributed by atoms with Crippen molar-refractivity contribution in [2.24, 2.45) is 5.73 Å². The van der Waals surface area contributed by atoms with Gasteiger partial charge in [-0.3, -0.25) is 4.79 Å². The van der Waals surface area contributed by atoms with E-state index < -0.39 is 12.0 Å². The second-order valence-electron chi connectivity index (χ2n) is 3.35. The van der Waals surface area contributed by atoms with Crippen molar-refractivity contribution < 1.29 is 14.6 Å². The minimum absolute atomic E-state index is 0.0773. The molecule has 0 heterocycles. The Morgan fingerprint density at radius 3 is 2.71 bits per heavy atom. The zero-order chi connectivity index (χ0) is 10.8. The number of unbranched alkanes of at least 4 members (excludes halogenated alkanes) is 3. The van der Waals surface area contributed by atoms with Crippen LogP contribution in [0.1, 0.15) is 39.0 Å². The summed E-state index contributed by atoms with van der Waals surface area (Å²) in [5, 5.41) is 8.54. The summed E-state index contributed by atoms with van der Waals surface area (Å²) >= 11 is 0. The number of hydrogen-bond donors (Lipinski definition) is 2. The van der Waals surface area contributed by atoms with Crippen LogP contribution in [0.25, 0.3) is 0 Å². The molecule has 84 valence electrons. The molecule has 0 amide bonds. The van der Waals surface area contributed by atoms with E-state index in [1.807, 2.05) is 0 Å². The van der Waals surface area contributed by atoms with Crippen molar-refractivity contribution >= 4 is 5.97 Å². The molecule has 0 aliphatic carbocycles. The van der Waals surface area contributed by atoms with Gasteiger partial charge in [-0.1, -0.05) is 26.2 Å². The molecule has 4 heteroatoms. The average Bonchev–Trinajstić information content (AvgIpc) is 2.17. The van der Waals surface area contributed by atoms with E-state index in [0.29, 0.717) is 6.61 Å². The van der Waals surface area contributed by atoms with Crippen molar-refractivity contribution in [3.63, 3.8) is 0 Å². The Balaban J connectivity index is 3.34. The standard InChI is InChI=1S/C10H21NO3/c1-2-3-4-5-8-14-10(13)9(11)6-7-12/h9,12H,2-8,11H2,1H3/t9-/m1/s1. The predicted octanol–water partition coefficient (Wildman–Crippen LogP) is 0.820. The topological polar surface area (TPSA) is 72.5 Å². The molecule has 3 N–H and O–H groups in total. The van der Waals surface area contributed by atoms with Gasteiger partial charge >= 0.3 is 5.97 Å². The number of aliphatic hydroxyl groups excluding tert-OH is 1. The Labute approximate surface area is 85.4 Å². The van der Waals surface area contributed by atoms with Crippen LogP contribution in [0, 0.1) is 0 Å². The Morgan fingerprint density at radius 1 is 1.43 bits per heavy atom. The van der Waals surface area contributed by atoms with Crippen molar-refractivity contribution in [2.75, 3.05) is 13.2 Å². The molecule has 4 nitrogen and oxygen atoms in total. The molecule has 0 radical (unpaired) electrons. The van der Waals surface area contributed by atoms with E-state index >= 15 is 0 Å². The van der Waals surface area contributed by atoms with Crippen LogP contribution in [0.4, 0.5) is 0 Å². The summed E-state index contributed by atoms with van der Waals surface area (Å²) in [7, 11) is 0. The summed E-state index contributed by atoms with van der Waals surface area (Å²) in [4.78, 5) is 11.1. The van der Waals surface area contributed by atoms with E-state index in [1.54, 1.807) is 0 Å². The third-order valence-corrected chi connectivity index (χ3v) is 1.99. The van der Waals surface area contributed by atoms with Crippen molar-refractivity contribution in [3.05, 3.63) is 0 Å². The number of nitrogens with two attached hydrogens (primary N) is 1. The lowest BCUT2D eigenvalue weighted by Crippen LogP contribution is -2.33. The number of esters is 1. The highest BCUT2D eigenvalue weighted by Gasteiger charge is 2.13. The monoisotopic (exact) mass is 203 g/mol. The van der Waals surface area contributed by atoms with Crippen LogP contribution in [-0.2, 0) is 9.53 Å². The van der Waals surface area contributed by atoms with Gasteiger partial charge in [-0.25, -0.2) is 0 Å². The van der Waals surface area contributed by atoms with Crippen LogP contribution in [-0.4, -0.2) is 30.3 Å². The van der Waals surface area contributed by atoms with Gasteiger partial charge in [0.2, 0.25) is 0 Å². The van der Waals surface area contributed by atoms with Gasteiger partial charge in [-0.15, -0.1) is 0 Å². The van der Waals surface area contributed by atoms with Gasteiger partial charge < -0.3 is 15.6 Å². The molecule has 14 heavy (non-hydrogen) atoms. The van der Waals surface area contributed by atoms with Crippen LogP contribution < -0.4 is 5.73 Å². The van der Waals surface area contributed by atoms with Crippen molar-refractivity contribution in [1.82, 2.24) is 0 Å². The number of aliphatic hydroxyl groups is 1. The first kappa shape index (κ1) is 13.4. The Morgan fingerprint density at radius 2 is 2.14 bits per heavy atom. The molecule has 0 aliphatic rings. The van der Waals surface area contributed by atoms with E-state index in [1.165, 1.54) is 6.42 Å². The number of ether oxygens (including phenoxy) is 1. The lowest BCUT2D eigenvalue weighted by Gasteiger charge is -2.09. The molecule has 0 fully saturated rings. The zero-order valence-electron chi connectivity index (χ0n) is 8.87. The van der Waals surface area contributed by atoms with Crippen LogP contribution in [0.3, 0.4) is 0 Å². The quantitative estimate of drug-likeness (QED) is 0.452. The van der Waals surface area contributed by atoms with E-state index in [0.717, 1.165) is 19.3 Å². The molecule has 0 aliphatic heterocycles. The third-order valence-electron chi connectivity index (χ3n) is 1.99. The minimum atomic E-state index is -0.675. The molecule has 0 saturated heterocycles. The maximum atomic E-state index is 11.1. The second kappa shape index (κ2) is 8.97. The number of carbonyl (C=O) groups excluding carboxylic acids is 1. The number of rotatable bonds is 8. The van der Waals surface area contributed by atoms with Gasteiger partial charge in [0.15, 0.2) is 0 Å². The molecular weight excluding hydrogens is 182 g/mol. The highest BCUT2D eigenvalue weighted by molar-refractivity contribution is 5.75. The predicted molar refractivity (Wildman–Crippen MR) is 54.8 cm³/mol. The molecule has 0 rings (SSSR count). The zero-order valence-corrected chi connectivity index (χ0v) is 8.87. The van der Waals surface area contributed by atoms with E-state index in [2.05, 4.69) is 6.92 Å². The first-order chi connectivity index (χ1) is 6.72. The van der Waals surface area contributed by atoms with E-state index in [-0.39, 0.29) is 13.0 Å². The fraction of sp³-hybridized carbons (Fsp3) is 0.900. The lowest BCUT2D eigenvalue weighted by molar-refractivity contribution is -0.145. The second-order valence-corrected chi connectivity index (χ2v) is 3.35. The molecule has 0 aromatic rings. The molecule has 0 unspecified atom stereocenters. The van der Waals surface area contributed by atoms with Crippen LogP contribution >= 0.6 is 0 Å². The fourth-order valence-corrected chi connectivity index (χ4v) is 1.07. The summed E-state index contributed by atoms with van der Waals surface area (Å²) in [6.07, 6.45) is 4.58. The first-order valence-electron chi connectivity index (χ1n) is 5.25. The van der Waals surface area contributed by atoms with Crippen molar-refractivity contribution in [1.29, 1.82) is 0 Å². The maximum Gasteiger partial charge on any atom is 0.322 e.